The number of allylic oxidation sites excluding steroid dienone is 1. The molecule has 0 aliphatic rings. The number of unbranched alkanes of at least 4 members (excludes halogenated alkanes) is 2. The van der Waals surface area contributed by atoms with Crippen molar-refractivity contribution in [2.24, 2.45) is 0 Å². The molecule has 0 radical (unpaired) electrons. The van der Waals surface area contributed by atoms with Crippen molar-refractivity contribution in [3.8, 4) is 0 Å². The maximum Gasteiger partial charge on any atom is 0.155 e. The zero-order valence-corrected chi connectivity index (χ0v) is 10.2. The molecular weight excluding hydrogens is 196 g/mol. The lowest BCUT2D eigenvalue weighted by Gasteiger charge is -1.96. The van der Waals surface area contributed by atoms with Gasteiger partial charge >= 0.3 is 0 Å². The van der Waals surface area contributed by atoms with Gasteiger partial charge in [-0.2, -0.15) is 0 Å². The van der Waals surface area contributed by atoms with Gasteiger partial charge in [-0.1, -0.05) is 55.7 Å². The fourth-order valence-corrected chi connectivity index (χ4v) is 1.50. The van der Waals surface area contributed by atoms with Crippen LogP contribution in [0.1, 0.15) is 43.7 Å². The monoisotopic (exact) mass is 216 g/mol. The Hall–Kier alpha value is -1.37. The number of hydrogen-bond acceptors (Lipinski definition) is 1. The standard InChI is InChI=1S/C15H20O/c1-3-4-5-6-15(16)12-11-14-9-7-13(2)8-10-14/h7-12H,3-6H2,1-2H3/b12-11+. The van der Waals surface area contributed by atoms with E-state index < -0.39 is 0 Å². The van der Waals surface area contributed by atoms with Gasteiger partial charge in [0.15, 0.2) is 5.78 Å². The van der Waals surface area contributed by atoms with Crippen molar-refractivity contribution in [3.05, 3.63) is 41.5 Å². The van der Waals surface area contributed by atoms with Crippen LogP contribution in [0.25, 0.3) is 6.08 Å². The number of rotatable bonds is 6. The number of carbonyl (C=O) groups excluding carboxylic acids is 1. The maximum atomic E-state index is 11.5. The van der Waals surface area contributed by atoms with Crippen molar-refractivity contribution in [3.63, 3.8) is 0 Å². The third-order valence-electron chi connectivity index (χ3n) is 2.57. The molecule has 0 aliphatic heterocycles. The van der Waals surface area contributed by atoms with Crippen molar-refractivity contribution in [1.82, 2.24) is 0 Å². The molecule has 0 atom stereocenters. The van der Waals surface area contributed by atoms with Gasteiger partial charge in [-0.25, -0.2) is 0 Å². The molecule has 0 saturated heterocycles. The highest BCUT2D eigenvalue weighted by atomic mass is 16.1. The molecule has 86 valence electrons. The highest BCUT2D eigenvalue weighted by molar-refractivity contribution is 5.93. The first-order valence-corrected chi connectivity index (χ1v) is 6.00. The van der Waals surface area contributed by atoms with Crippen molar-refractivity contribution >= 4 is 11.9 Å². The molecule has 1 nitrogen and oxygen atoms in total. The second kappa shape index (κ2) is 7.00. The fourth-order valence-electron chi connectivity index (χ4n) is 1.50. The fraction of sp³-hybridized carbons (Fsp3) is 0.400. The first-order chi connectivity index (χ1) is 7.72. The van der Waals surface area contributed by atoms with E-state index in [0.29, 0.717) is 6.42 Å². The molecule has 0 fully saturated rings. The molecule has 1 aromatic rings. The molecule has 16 heavy (non-hydrogen) atoms. The summed E-state index contributed by atoms with van der Waals surface area (Å²) in [6.07, 6.45) is 7.58. The summed E-state index contributed by atoms with van der Waals surface area (Å²) in [5.41, 5.74) is 2.33. The minimum absolute atomic E-state index is 0.231. The molecule has 0 aromatic heterocycles. The normalized spacial score (nSPS) is 10.9. The lowest BCUT2D eigenvalue weighted by Crippen LogP contribution is -1.91. The summed E-state index contributed by atoms with van der Waals surface area (Å²) in [6, 6.07) is 8.18. The van der Waals surface area contributed by atoms with Crippen molar-refractivity contribution < 1.29 is 4.79 Å². The van der Waals surface area contributed by atoms with Crippen LogP contribution >= 0.6 is 0 Å². The summed E-state index contributed by atoms with van der Waals surface area (Å²) in [6.45, 7) is 4.20. The Balaban J connectivity index is 2.41. The molecule has 0 saturated carbocycles. The molecule has 1 aromatic carbocycles. The lowest BCUT2D eigenvalue weighted by atomic mass is 10.1. The van der Waals surface area contributed by atoms with Gasteiger partial charge in [0.2, 0.25) is 0 Å². The SMILES string of the molecule is CCCCCC(=O)/C=C/c1ccc(C)cc1. The second-order valence-corrected chi connectivity index (χ2v) is 4.17. The Morgan fingerprint density at radius 3 is 2.50 bits per heavy atom. The van der Waals surface area contributed by atoms with Crippen molar-refractivity contribution in [1.29, 1.82) is 0 Å². The molecule has 0 aliphatic carbocycles. The summed E-state index contributed by atoms with van der Waals surface area (Å²) < 4.78 is 0. The van der Waals surface area contributed by atoms with Gasteiger partial charge in [-0.05, 0) is 25.0 Å². The van der Waals surface area contributed by atoms with E-state index in [-0.39, 0.29) is 5.78 Å². The van der Waals surface area contributed by atoms with E-state index in [1.165, 1.54) is 5.56 Å². The smallest absolute Gasteiger partial charge is 0.155 e. The molecular formula is C15H20O. The number of aryl methyl sites for hydroxylation is 1. The van der Waals surface area contributed by atoms with Crippen LogP contribution in [0, 0.1) is 6.92 Å². The highest BCUT2D eigenvalue weighted by Crippen LogP contribution is 2.06. The lowest BCUT2D eigenvalue weighted by molar-refractivity contribution is -0.114. The average molecular weight is 216 g/mol. The van der Waals surface area contributed by atoms with Crippen LogP contribution in [0.2, 0.25) is 0 Å². The summed E-state index contributed by atoms with van der Waals surface area (Å²) in [5, 5.41) is 0. The van der Waals surface area contributed by atoms with E-state index in [1.54, 1.807) is 6.08 Å². The van der Waals surface area contributed by atoms with Crippen LogP contribution in [-0.4, -0.2) is 5.78 Å². The molecule has 0 unspecified atom stereocenters. The van der Waals surface area contributed by atoms with E-state index in [4.69, 9.17) is 0 Å². The van der Waals surface area contributed by atoms with Gasteiger partial charge in [-0.3, -0.25) is 4.79 Å². The van der Waals surface area contributed by atoms with E-state index in [0.717, 1.165) is 24.8 Å². The predicted octanol–water partition coefficient (Wildman–Crippen LogP) is 4.16. The molecule has 1 heteroatoms. The Morgan fingerprint density at radius 2 is 1.88 bits per heavy atom. The van der Waals surface area contributed by atoms with E-state index in [1.807, 2.05) is 18.2 Å². The van der Waals surface area contributed by atoms with Crippen LogP contribution in [0.3, 0.4) is 0 Å². The summed E-state index contributed by atoms with van der Waals surface area (Å²) in [7, 11) is 0. The number of carbonyl (C=O) groups is 1. The maximum absolute atomic E-state index is 11.5. The minimum Gasteiger partial charge on any atom is -0.295 e. The van der Waals surface area contributed by atoms with E-state index in [2.05, 4.69) is 26.0 Å². The average Bonchev–Trinajstić information content (AvgIpc) is 2.29. The van der Waals surface area contributed by atoms with Crippen LogP contribution in [0.5, 0.6) is 0 Å². The topological polar surface area (TPSA) is 17.1 Å². The Bertz CT molecular complexity index is 346. The number of hydrogen-bond donors (Lipinski definition) is 0. The Labute approximate surface area is 98.2 Å². The third-order valence-corrected chi connectivity index (χ3v) is 2.57. The summed E-state index contributed by atoms with van der Waals surface area (Å²) in [5.74, 6) is 0.231. The first-order valence-electron chi connectivity index (χ1n) is 6.00. The van der Waals surface area contributed by atoms with Crippen molar-refractivity contribution in [2.45, 2.75) is 39.5 Å². The third kappa shape index (κ3) is 4.92. The zero-order chi connectivity index (χ0) is 11.8. The molecule has 0 spiro atoms. The van der Waals surface area contributed by atoms with Crippen LogP contribution in [-0.2, 0) is 4.79 Å². The van der Waals surface area contributed by atoms with Crippen LogP contribution in [0.4, 0.5) is 0 Å². The van der Waals surface area contributed by atoms with Crippen LogP contribution < -0.4 is 0 Å². The Morgan fingerprint density at radius 1 is 1.19 bits per heavy atom. The van der Waals surface area contributed by atoms with Gasteiger partial charge in [0.25, 0.3) is 0 Å². The molecule has 0 N–H and O–H groups in total. The molecule has 0 heterocycles. The zero-order valence-electron chi connectivity index (χ0n) is 10.2. The minimum atomic E-state index is 0.231. The van der Waals surface area contributed by atoms with Gasteiger partial charge in [0.05, 0.1) is 0 Å². The van der Waals surface area contributed by atoms with Crippen LogP contribution in [0.15, 0.2) is 30.3 Å². The van der Waals surface area contributed by atoms with Crippen molar-refractivity contribution in [2.75, 3.05) is 0 Å². The molecule has 0 bridgehead atoms. The van der Waals surface area contributed by atoms with E-state index in [9.17, 15) is 4.79 Å². The first kappa shape index (κ1) is 12.7. The number of benzene rings is 1. The van der Waals surface area contributed by atoms with Gasteiger partial charge in [0, 0.05) is 6.42 Å². The van der Waals surface area contributed by atoms with Gasteiger partial charge < -0.3 is 0 Å². The van der Waals surface area contributed by atoms with Gasteiger partial charge in [0.1, 0.15) is 0 Å². The summed E-state index contributed by atoms with van der Waals surface area (Å²) in [4.78, 5) is 11.5. The molecule has 0 amide bonds. The largest absolute Gasteiger partial charge is 0.295 e. The molecule has 1 rings (SSSR count). The van der Waals surface area contributed by atoms with Gasteiger partial charge in [-0.15, -0.1) is 0 Å². The second-order valence-electron chi connectivity index (χ2n) is 4.17. The summed E-state index contributed by atoms with van der Waals surface area (Å²) >= 11 is 0. The number of ketones is 1. The quantitative estimate of drug-likeness (QED) is 0.515. The predicted molar refractivity (Wildman–Crippen MR) is 69.4 cm³/mol. The Kier molecular flexibility index (Phi) is 5.55. The van der Waals surface area contributed by atoms with E-state index >= 15 is 0 Å². The highest BCUT2D eigenvalue weighted by Gasteiger charge is 1.95.